The molecule has 0 aliphatic carbocycles. The zero-order chi connectivity index (χ0) is 27.9. The van der Waals surface area contributed by atoms with Gasteiger partial charge in [0.05, 0.1) is 0 Å². The molecule has 7 heteroatoms. The number of ether oxygens (including phenoxy) is 4. The monoisotopic (exact) mass is 524 g/mol. The predicted molar refractivity (Wildman–Crippen MR) is 149 cm³/mol. The van der Waals surface area contributed by atoms with E-state index in [4.69, 9.17) is 18.9 Å². The molecule has 0 radical (unpaired) electrons. The lowest BCUT2D eigenvalue weighted by molar-refractivity contribution is -0.133. The normalized spacial score (nSPS) is 11.2. The Morgan fingerprint density at radius 3 is 1.62 bits per heavy atom. The summed E-state index contributed by atoms with van der Waals surface area (Å²) in [7, 11) is 0. The van der Waals surface area contributed by atoms with Crippen LogP contribution in [0.2, 0.25) is 0 Å². The van der Waals surface area contributed by atoms with E-state index >= 15 is 0 Å². The maximum atomic E-state index is 14.8. The Kier molecular flexibility index (Phi) is 10.8. The molecule has 0 bridgehead atoms. The summed E-state index contributed by atoms with van der Waals surface area (Å²) < 4.78 is 35.4. The second-order valence-corrected chi connectivity index (χ2v) is 7.59. The quantitative estimate of drug-likeness (QED) is 0.107. The molecule has 6 nitrogen and oxygen atoms in total. The van der Waals surface area contributed by atoms with Crippen LogP contribution in [0.4, 0.5) is 4.39 Å². The lowest BCUT2D eigenvalue weighted by Gasteiger charge is -2.05. The fraction of sp³-hybridized carbons (Fsp3) is 0. The lowest BCUT2D eigenvalue weighted by atomic mass is 10.1. The van der Waals surface area contributed by atoms with Gasteiger partial charge < -0.3 is 18.9 Å². The van der Waals surface area contributed by atoms with Crippen molar-refractivity contribution in [1.29, 1.82) is 0 Å². The highest BCUT2D eigenvalue weighted by atomic mass is 19.1. The largest absolute Gasteiger partial charge is 0.461 e. The van der Waals surface area contributed by atoms with Crippen molar-refractivity contribution in [3.8, 4) is 11.5 Å². The van der Waals surface area contributed by atoms with Gasteiger partial charge in [0.1, 0.15) is 42.4 Å². The molecular weight excluding hydrogens is 499 g/mol. The minimum Gasteiger partial charge on any atom is -0.461 e. The van der Waals surface area contributed by atoms with Crippen molar-refractivity contribution in [2.24, 2.45) is 0 Å². The molecule has 0 aliphatic heterocycles. The average Bonchev–Trinajstić information content (AvgIpc) is 2.96. The van der Waals surface area contributed by atoms with Crippen molar-refractivity contribution in [2.45, 2.75) is 0 Å². The molecular formula is C32H25FO6. The van der Waals surface area contributed by atoms with Crippen LogP contribution in [0.5, 0.6) is 11.5 Å². The molecule has 0 N–H and O–H groups in total. The van der Waals surface area contributed by atoms with Crippen LogP contribution in [0.3, 0.4) is 0 Å². The maximum Gasteiger partial charge on any atom is 0.335 e. The van der Waals surface area contributed by atoms with Crippen LogP contribution in [-0.4, -0.2) is 11.9 Å². The third-order valence-corrected chi connectivity index (χ3v) is 4.96. The molecule has 0 aliphatic rings. The van der Waals surface area contributed by atoms with E-state index in [1.165, 1.54) is 18.6 Å². The number of esters is 2. The summed E-state index contributed by atoms with van der Waals surface area (Å²) in [5, 5.41) is 0. The van der Waals surface area contributed by atoms with Crippen molar-refractivity contribution < 1.29 is 32.9 Å². The Hall–Kier alpha value is -5.43. The van der Waals surface area contributed by atoms with Gasteiger partial charge in [-0.1, -0.05) is 86.0 Å². The van der Waals surface area contributed by atoms with Gasteiger partial charge in [-0.15, -0.1) is 0 Å². The van der Waals surface area contributed by atoms with E-state index in [0.29, 0.717) is 28.2 Å². The molecule has 0 saturated heterocycles. The Morgan fingerprint density at radius 2 is 1.10 bits per heavy atom. The van der Waals surface area contributed by atoms with Gasteiger partial charge in [0, 0.05) is 28.8 Å². The lowest BCUT2D eigenvalue weighted by Crippen LogP contribution is -1.93. The minimum absolute atomic E-state index is 0.389. The van der Waals surface area contributed by atoms with E-state index in [-0.39, 0.29) is 0 Å². The smallest absolute Gasteiger partial charge is 0.335 e. The van der Waals surface area contributed by atoms with Crippen molar-refractivity contribution in [3.05, 3.63) is 145 Å². The van der Waals surface area contributed by atoms with Gasteiger partial charge in [-0.25, -0.2) is 14.0 Å². The van der Waals surface area contributed by atoms with E-state index in [1.54, 1.807) is 60.7 Å². The highest BCUT2D eigenvalue weighted by Crippen LogP contribution is 2.24. The van der Waals surface area contributed by atoms with Crippen LogP contribution in [0.1, 0.15) is 22.3 Å². The Morgan fingerprint density at radius 1 is 0.615 bits per heavy atom. The third-order valence-electron chi connectivity index (χ3n) is 4.96. The number of benzene rings is 3. The fourth-order valence-electron chi connectivity index (χ4n) is 3.09. The van der Waals surface area contributed by atoms with Crippen molar-refractivity contribution in [2.75, 3.05) is 0 Å². The van der Waals surface area contributed by atoms with Crippen molar-refractivity contribution in [1.82, 2.24) is 0 Å². The summed E-state index contributed by atoms with van der Waals surface area (Å²) in [6.45, 7) is 6.62. The zero-order valence-corrected chi connectivity index (χ0v) is 20.9. The van der Waals surface area contributed by atoms with E-state index in [1.807, 2.05) is 24.3 Å². The van der Waals surface area contributed by atoms with Gasteiger partial charge in [-0.2, -0.15) is 0 Å². The molecule has 0 heterocycles. The second kappa shape index (κ2) is 15.0. The second-order valence-electron chi connectivity index (χ2n) is 7.59. The first kappa shape index (κ1) is 28.1. The van der Waals surface area contributed by atoms with Gasteiger partial charge >= 0.3 is 11.9 Å². The number of para-hydroxylation sites is 2. The molecule has 0 atom stereocenters. The Labute approximate surface area is 225 Å². The molecule has 0 saturated carbocycles. The van der Waals surface area contributed by atoms with Gasteiger partial charge in [-0.05, 0) is 23.8 Å². The number of halogens is 1. The molecule has 0 amide bonds. The summed E-state index contributed by atoms with van der Waals surface area (Å²) in [6, 6.07) is 19.3. The fourth-order valence-corrected chi connectivity index (χ4v) is 3.09. The summed E-state index contributed by atoms with van der Waals surface area (Å²) >= 11 is 0. The molecule has 3 aromatic rings. The zero-order valence-electron chi connectivity index (χ0n) is 20.9. The molecule has 0 spiro atoms. The summed E-state index contributed by atoms with van der Waals surface area (Å²) in [5.74, 6) is -0.583. The highest BCUT2D eigenvalue weighted by Gasteiger charge is 2.03. The summed E-state index contributed by atoms with van der Waals surface area (Å²) in [4.78, 5) is 22.2. The van der Waals surface area contributed by atoms with Gasteiger partial charge in [0.2, 0.25) is 0 Å². The molecule has 0 fully saturated rings. The Bertz CT molecular complexity index is 1450. The summed E-state index contributed by atoms with van der Waals surface area (Å²) in [6.07, 6.45) is 13.7. The number of carbonyl (C=O) groups is 2. The Balaban J connectivity index is 1.68. The maximum absolute atomic E-state index is 14.8. The molecule has 196 valence electrons. The van der Waals surface area contributed by atoms with Crippen LogP contribution in [0.25, 0.3) is 24.3 Å². The number of hydrogen-bond donors (Lipinski definition) is 0. The molecule has 0 unspecified atom stereocenters. The van der Waals surface area contributed by atoms with Crippen LogP contribution in [-0.2, 0) is 19.1 Å². The molecule has 39 heavy (non-hydrogen) atoms. The molecule has 0 aromatic heterocycles. The van der Waals surface area contributed by atoms with E-state index in [2.05, 4.69) is 13.2 Å². The first-order valence-electron chi connectivity index (χ1n) is 11.6. The van der Waals surface area contributed by atoms with Gasteiger partial charge in [-0.3, -0.25) is 0 Å². The summed E-state index contributed by atoms with van der Waals surface area (Å²) in [5.41, 5.74) is 2.48. The van der Waals surface area contributed by atoms with Crippen molar-refractivity contribution in [3.63, 3.8) is 0 Å². The minimum atomic E-state index is -0.602. The van der Waals surface area contributed by atoms with Crippen LogP contribution < -0.4 is 9.47 Å². The standard InChI is InChI=1S/C32H25FO6/c1-3-31(34)38-21-19-36-29-11-7-5-9-26(29)16-14-24-13-15-25(28(33)23-24)17-18-27-10-6-8-12-30(27)37-20-22-39-32(35)4-2/h3-23H,1-2H2/b16-14+,18-17+,21-19-,22-20-. The first-order valence-corrected chi connectivity index (χ1v) is 11.6. The predicted octanol–water partition coefficient (Wildman–Crippen LogP) is 7.32. The SMILES string of the molecule is C=CC(=O)O/C=C\Oc1ccccc1/C=C/c1ccc(/C=C/c2ccccc2O/C=C\OC(=O)C=C)c(F)c1. The molecule has 3 aromatic carbocycles. The van der Waals surface area contributed by atoms with E-state index in [9.17, 15) is 14.0 Å². The van der Waals surface area contributed by atoms with E-state index < -0.39 is 17.8 Å². The number of carbonyl (C=O) groups excluding carboxylic acids is 2. The number of hydrogen-bond acceptors (Lipinski definition) is 6. The van der Waals surface area contributed by atoms with Gasteiger partial charge in [0.15, 0.2) is 0 Å². The average molecular weight is 525 g/mol. The van der Waals surface area contributed by atoms with Crippen molar-refractivity contribution >= 4 is 36.2 Å². The first-order chi connectivity index (χ1) is 19.0. The van der Waals surface area contributed by atoms with E-state index in [0.717, 1.165) is 30.2 Å². The van der Waals surface area contributed by atoms with Crippen LogP contribution in [0, 0.1) is 5.82 Å². The van der Waals surface area contributed by atoms with Crippen LogP contribution >= 0.6 is 0 Å². The number of rotatable bonds is 12. The highest BCUT2D eigenvalue weighted by molar-refractivity contribution is 5.82. The van der Waals surface area contributed by atoms with Crippen LogP contribution in [0.15, 0.2) is 117 Å². The van der Waals surface area contributed by atoms with Gasteiger partial charge in [0.25, 0.3) is 0 Å². The third kappa shape index (κ3) is 9.18. The molecule has 3 rings (SSSR count). The topological polar surface area (TPSA) is 71.1 Å².